The van der Waals surface area contributed by atoms with Gasteiger partial charge in [0.05, 0.1) is 0 Å². The Morgan fingerprint density at radius 1 is 0.923 bits per heavy atom. The highest BCUT2D eigenvalue weighted by Crippen LogP contribution is 2.26. The fourth-order valence-electron chi connectivity index (χ4n) is 2.79. The van der Waals surface area contributed by atoms with E-state index in [0.29, 0.717) is 21.2 Å². The predicted octanol–water partition coefficient (Wildman–Crippen LogP) is 4.57. The van der Waals surface area contributed by atoms with Crippen LogP contribution in [0.1, 0.15) is 15.9 Å². The van der Waals surface area contributed by atoms with Crippen LogP contribution < -0.4 is 5.32 Å². The molecule has 3 aromatic rings. The van der Waals surface area contributed by atoms with Gasteiger partial charge in [0.15, 0.2) is 0 Å². The molecule has 0 heterocycles. The van der Waals surface area contributed by atoms with Gasteiger partial charge in [-0.3, -0.25) is 4.79 Å². The van der Waals surface area contributed by atoms with Crippen LogP contribution in [0.3, 0.4) is 0 Å². The lowest BCUT2D eigenvalue weighted by atomic mass is 10.0. The highest BCUT2D eigenvalue weighted by molar-refractivity contribution is 6.36. The van der Waals surface area contributed by atoms with Crippen molar-refractivity contribution in [1.82, 2.24) is 5.32 Å². The topological polar surface area (TPSA) is 66.4 Å². The van der Waals surface area contributed by atoms with Gasteiger partial charge >= 0.3 is 5.97 Å². The highest BCUT2D eigenvalue weighted by atomic mass is 35.5. The Labute approximate surface area is 160 Å². The molecule has 4 nitrogen and oxygen atoms in total. The summed E-state index contributed by atoms with van der Waals surface area (Å²) in [6.07, 6.45) is -0.00958. The van der Waals surface area contributed by atoms with Gasteiger partial charge in [-0.05, 0) is 34.5 Å². The fourth-order valence-corrected chi connectivity index (χ4v) is 3.34. The van der Waals surface area contributed by atoms with Gasteiger partial charge in [-0.1, -0.05) is 65.7 Å². The van der Waals surface area contributed by atoms with Crippen molar-refractivity contribution in [2.45, 2.75) is 12.5 Å². The van der Waals surface area contributed by atoms with Crippen LogP contribution in [0.5, 0.6) is 0 Å². The number of hydrogen-bond donors (Lipinski definition) is 2. The number of benzene rings is 3. The third kappa shape index (κ3) is 3.82. The van der Waals surface area contributed by atoms with Crippen LogP contribution in [0.4, 0.5) is 0 Å². The highest BCUT2D eigenvalue weighted by Gasteiger charge is 2.24. The average Bonchev–Trinajstić information content (AvgIpc) is 2.63. The number of hydrogen-bond acceptors (Lipinski definition) is 2. The van der Waals surface area contributed by atoms with Gasteiger partial charge < -0.3 is 10.4 Å². The molecule has 0 aliphatic carbocycles. The van der Waals surface area contributed by atoms with Gasteiger partial charge in [0.25, 0.3) is 5.91 Å². The normalized spacial score (nSPS) is 11.9. The summed E-state index contributed by atoms with van der Waals surface area (Å²) in [5.74, 6) is -1.62. The van der Waals surface area contributed by atoms with Gasteiger partial charge in [-0.2, -0.15) is 0 Å². The fraction of sp³-hybridized carbons (Fsp3) is 0.100. The molecule has 0 saturated carbocycles. The van der Waals surface area contributed by atoms with E-state index in [4.69, 9.17) is 23.2 Å². The molecule has 3 aromatic carbocycles. The Morgan fingerprint density at radius 3 is 2.23 bits per heavy atom. The molecule has 6 heteroatoms. The van der Waals surface area contributed by atoms with Crippen molar-refractivity contribution in [2.75, 3.05) is 0 Å². The molecule has 0 saturated heterocycles. The zero-order valence-corrected chi connectivity index (χ0v) is 15.1. The summed E-state index contributed by atoms with van der Waals surface area (Å²) in [4.78, 5) is 24.3. The maximum atomic E-state index is 12.7. The van der Waals surface area contributed by atoms with Crippen LogP contribution in [0, 0.1) is 0 Å². The third-order valence-corrected chi connectivity index (χ3v) is 4.82. The van der Waals surface area contributed by atoms with Crippen LogP contribution in [-0.4, -0.2) is 23.0 Å². The Kier molecular flexibility index (Phi) is 5.45. The number of fused-ring (bicyclic) bond motifs is 1. The number of aliphatic carboxylic acids is 1. The second-order valence-corrected chi connectivity index (χ2v) is 6.61. The van der Waals surface area contributed by atoms with E-state index in [9.17, 15) is 14.7 Å². The van der Waals surface area contributed by atoms with E-state index in [1.165, 1.54) is 0 Å². The number of carboxylic acids is 1. The molecule has 3 rings (SSSR count). The summed E-state index contributed by atoms with van der Waals surface area (Å²) in [5, 5.41) is 14.5. The van der Waals surface area contributed by atoms with Gasteiger partial charge in [-0.25, -0.2) is 4.79 Å². The molecule has 0 aromatic heterocycles. The average molecular weight is 388 g/mol. The smallest absolute Gasteiger partial charge is 0.326 e. The second kappa shape index (κ2) is 7.77. The molecule has 26 heavy (non-hydrogen) atoms. The zero-order chi connectivity index (χ0) is 18.7. The number of carbonyl (C=O) groups excluding carboxylic acids is 1. The Morgan fingerprint density at radius 2 is 1.54 bits per heavy atom. The van der Waals surface area contributed by atoms with E-state index in [1.54, 1.807) is 30.3 Å². The summed E-state index contributed by atoms with van der Waals surface area (Å²) in [6, 6.07) is 16.5. The summed E-state index contributed by atoms with van der Waals surface area (Å²) >= 11 is 12.2. The number of rotatable bonds is 5. The molecule has 0 radical (unpaired) electrons. The van der Waals surface area contributed by atoms with Crippen LogP contribution in [-0.2, 0) is 11.2 Å². The standard InChI is InChI=1S/C20H15Cl2NO3/c21-16-9-4-10-17(22)15(16)11-18(20(25)26)23-19(24)14-8-3-6-12-5-1-2-7-13(12)14/h1-10,18H,11H2,(H,23,24)(H,25,26)/t18-/m1/s1. The lowest BCUT2D eigenvalue weighted by Gasteiger charge is -2.17. The minimum atomic E-state index is -1.16. The number of halogens is 2. The van der Waals surface area contributed by atoms with Crippen LogP contribution in [0.25, 0.3) is 10.8 Å². The molecular formula is C20H15Cl2NO3. The quantitative estimate of drug-likeness (QED) is 0.673. The van der Waals surface area contributed by atoms with Crippen LogP contribution >= 0.6 is 23.2 Å². The maximum absolute atomic E-state index is 12.7. The summed E-state index contributed by atoms with van der Waals surface area (Å²) in [5.41, 5.74) is 0.904. The molecule has 2 N–H and O–H groups in total. The van der Waals surface area contributed by atoms with Crippen molar-refractivity contribution in [3.63, 3.8) is 0 Å². The summed E-state index contributed by atoms with van der Waals surface area (Å²) in [7, 11) is 0. The molecule has 0 spiro atoms. The monoisotopic (exact) mass is 387 g/mol. The van der Waals surface area contributed by atoms with Crippen molar-refractivity contribution < 1.29 is 14.7 Å². The first-order valence-corrected chi connectivity index (χ1v) is 8.67. The Bertz CT molecular complexity index is 962. The first-order chi connectivity index (χ1) is 12.5. The second-order valence-electron chi connectivity index (χ2n) is 5.80. The van der Waals surface area contributed by atoms with Crippen molar-refractivity contribution >= 4 is 45.9 Å². The minimum absolute atomic E-state index is 0.00958. The lowest BCUT2D eigenvalue weighted by Crippen LogP contribution is -2.42. The number of carbonyl (C=O) groups is 2. The molecule has 0 unspecified atom stereocenters. The van der Waals surface area contributed by atoms with Gasteiger partial charge in [0, 0.05) is 22.0 Å². The first-order valence-electron chi connectivity index (χ1n) is 7.91. The molecule has 0 fully saturated rings. The Balaban J connectivity index is 1.88. The molecule has 0 aliphatic heterocycles. The van der Waals surface area contributed by atoms with E-state index < -0.39 is 17.9 Å². The van der Waals surface area contributed by atoms with E-state index in [2.05, 4.69) is 5.32 Å². The maximum Gasteiger partial charge on any atom is 0.326 e. The molecule has 1 atom stereocenters. The van der Waals surface area contributed by atoms with Crippen LogP contribution in [0.2, 0.25) is 10.0 Å². The van der Waals surface area contributed by atoms with Crippen molar-refractivity contribution in [3.05, 3.63) is 81.8 Å². The summed E-state index contributed by atoms with van der Waals surface area (Å²) < 4.78 is 0. The number of nitrogens with one attached hydrogen (secondary N) is 1. The molecule has 0 bridgehead atoms. The lowest BCUT2D eigenvalue weighted by molar-refractivity contribution is -0.139. The Hall–Kier alpha value is -2.56. The molecular weight excluding hydrogens is 373 g/mol. The van der Waals surface area contributed by atoms with Gasteiger partial charge in [0.2, 0.25) is 0 Å². The van der Waals surface area contributed by atoms with E-state index in [-0.39, 0.29) is 6.42 Å². The predicted molar refractivity (Wildman–Crippen MR) is 103 cm³/mol. The summed E-state index contributed by atoms with van der Waals surface area (Å²) in [6.45, 7) is 0. The number of carboxylic acid groups (broad SMARTS) is 1. The van der Waals surface area contributed by atoms with Gasteiger partial charge in [0.1, 0.15) is 6.04 Å². The minimum Gasteiger partial charge on any atom is -0.480 e. The van der Waals surface area contributed by atoms with Crippen molar-refractivity contribution in [3.8, 4) is 0 Å². The van der Waals surface area contributed by atoms with Crippen molar-refractivity contribution in [1.29, 1.82) is 0 Å². The van der Waals surface area contributed by atoms with E-state index in [0.717, 1.165) is 10.8 Å². The molecule has 132 valence electrons. The third-order valence-electron chi connectivity index (χ3n) is 4.11. The van der Waals surface area contributed by atoms with Crippen LogP contribution in [0.15, 0.2) is 60.7 Å². The van der Waals surface area contributed by atoms with E-state index >= 15 is 0 Å². The first kappa shape index (κ1) is 18.2. The van der Waals surface area contributed by atoms with E-state index in [1.807, 2.05) is 30.3 Å². The zero-order valence-electron chi connectivity index (χ0n) is 13.6. The molecule has 0 aliphatic rings. The number of amides is 1. The SMILES string of the molecule is O=C(N[C@H](Cc1c(Cl)cccc1Cl)C(=O)O)c1cccc2ccccc12. The van der Waals surface area contributed by atoms with Crippen molar-refractivity contribution in [2.24, 2.45) is 0 Å². The molecule has 1 amide bonds. The van der Waals surface area contributed by atoms with Gasteiger partial charge in [-0.15, -0.1) is 0 Å². The largest absolute Gasteiger partial charge is 0.480 e.